The summed E-state index contributed by atoms with van der Waals surface area (Å²) in [6.45, 7) is 0.466. The molecule has 0 saturated heterocycles. The molecule has 0 atom stereocenters. The number of hydrogen-bond acceptors (Lipinski definition) is 0. The summed E-state index contributed by atoms with van der Waals surface area (Å²) in [6, 6.07) is -1.65. The predicted molar refractivity (Wildman–Crippen MR) is 61.0 cm³/mol. The molecule has 0 spiro atoms. The second-order valence-corrected chi connectivity index (χ2v) is 5.40. The van der Waals surface area contributed by atoms with Gasteiger partial charge in [-0.2, -0.15) is 52.7 Å². The van der Waals surface area contributed by atoms with Crippen LogP contribution in [0.4, 0.5) is 61.5 Å². The highest BCUT2D eigenvalue weighted by atomic mass is 19.4. The summed E-state index contributed by atoms with van der Waals surface area (Å²) in [6.07, 6.45) is -27.3. The first-order valence-electron chi connectivity index (χ1n) is 6.38. The Labute approximate surface area is 140 Å². The Morgan fingerprint density at radius 1 is 0.444 bits per heavy atom. The molecule has 0 aliphatic rings. The van der Waals surface area contributed by atoms with Gasteiger partial charge in [-0.1, -0.05) is 17.7 Å². The van der Waals surface area contributed by atoms with Crippen molar-refractivity contribution in [2.24, 2.45) is 0 Å². The highest BCUT2D eigenvalue weighted by molar-refractivity contribution is 5.39. The number of halogens is 14. The highest BCUT2D eigenvalue weighted by Gasteiger charge is 2.76. The van der Waals surface area contributed by atoms with E-state index in [0.29, 0.717) is 6.92 Å². The predicted octanol–water partition coefficient (Wildman–Crippen LogP) is 6.57. The van der Waals surface area contributed by atoms with Crippen LogP contribution >= 0.6 is 0 Å². The molecule has 0 aliphatic carbocycles. The lowest BCUT2D eigenvalue weighted by atomic mass is 9.86. The Balaban J connectivity index is 3.94. The minimum absolute atomic E-state index is 0.280. The van der Waals surface area contributed by atoms with E-state index in [1.165, 1.54) is 0 Å². The third-order valence-corrected chi connectivity index (χ3v) is 3.44. The van der Waals surface area contributed by atoms with E-state index < -0.39 is 58.8 Å². The van der Waals surface area contributed by atoms with Gasteiger partial charge in [0, 0.05) is 11.1 Å². The molecule has 1 rings (SSSR count). The lowest BCUT2D eigenvalue weighted by Crippen LogP contribution is -2.52. The fourth-order valence-electron chi connectivity index (χ4n) is 2.16. The van der Waals surface area contributed by atoms with Crippen molar-refractivity contribution in [3.63, 3.8) is 0 Å². The molecule has 0 radical (unpaired) electrons. The minimum atomic E-state index is -6.81. The number of benzene rings is 1. The van der Waals surface area contributed by atoms with Gasteiger partial charge in [-0.15, -0.1) is 0 Å². The Bertz CT molecular complexity index is 603. The molecule has 0 fully saturated rings. The van der Waals surface area contributed by atoms with Gasteiger partial charge in [-0.25, -0.2) is 8.78 Å². The summed E-state index contributed by atoms with van der Waals surface area (Å²) in [4.78, 5) is 0. The van der Waals surface area contributed by atoms with Gasteiger partial charge in [-0.3, -0.25) is 0 Å². The molecule has 0 aromatic heterocycles. The van der Waals surface area contributed by atoms with E-state index in [0.717, 1.165) is 0 Å². The van der Waals surface area contributed by atoms with Crippen LogP contribution in [0, 0.1) is 6.92 Å². The normalized spacial score (nSPS) is 15.2. The topological polar surface area (TPSA) is 0 Å². The van der Waals surface area contributed by atoms with Crippen molar-refractivity contribution >= 4 is 0 Å². The average molecular weight is 428 g/mol. The van der Waals surface area contributed by atoms with Crippen molar-refractivity contribution in [2.75, 3.05) is 0 Å². The molecule has 1 aromatic rings. The summed E-state index contributed by atoms with van der Waals surface area (Å²) < 4.78 is 180. The van der Waals surface area contributed by atoms with Gasteiger partial charge in [0.05, 0.1) is 0 Å². The number of alkyl halides is 14. The molecule has 27 heavy (non-hydrogen) atoms. The summed E-state index contributed by atoms with van der Waals surface area (Å²) >= 11 is 0. The lowest BCUT2D eigenvalue weighted by Gasteiger charge is -2.33. The fourth-order valence-corrected chi connectivity index (χ4v) is 2.16. The van der Waals surface area contributed by atoms with E-state index in [1.54, 1.807) is 0 Å². The van der Waals surface area contributed by atoms with E-state index >= 15 is 0 Å². The van der Waals surface area contributed by atoms with Crippen LogP contribution in [-0.2, 0) is 11.3 Å². The Morgan fingerprint density at radius 3 is 0.852 bits per heavy atom. The molecule has 0 aliphatic heterocycles. The smallest absolute Gasteiger partial charge is 0.218 e. The van der Waals surface area contributed by atoms with Crippen LogP contribution < -0.4 is 0 Å². The maximum atomic E-state index is 13.9. The standard InChI is InChI=1S/C13H6F14/c1-5-2-6(8(14,10(16,17)18)11(19,20)21)4-7(3-5)9(15,12(22,23)24)13(25,26)27/h2-4H,1H3. The zero-order valence-electron chi connectivity index (χ0n) is 12.5. The van der Waals surface area contributed by atoms with Gasteiger partial charge in [0.2, 0.25) is 0 Å². The molecular weight excluding hydrogens is 422 g/mol. The molecule has 0 amide bonds. The number of aryl methyl sites for hydroxylation is 1. The minimum Gasteiger partial charge on any atom is -0.218 e. The molecule has 0 unspecified atom stereocenters. The SMILES string of the molecule is Cc1cc(C(F)(C(F)(F)F)C(F)(F)F)cc(C(F)(C(F)(F)F)C(F)(F)F)c1. The maximum absolute atomic E-state index is 13.9. The first-order chi connectivity index (χ1) is 11.6. The van der Waals surface area contributed by atoms with Crippen LogP contribution in [0.15, 0.2) is 18.2 Å². The fraction of sp³-hybridized carbons (Fsp3) is 0.538. The molecule has 1 aromatic carbocycles. The van der Waals surface area contributed by atoms with Crippen LogP contribution in [0.3, 0.4) is 0 Å². The van der Waals surface area contributed by atoms with Crippen molar-refractivity contribution in [1.29, 1.82) is 0 Å². The van der Waals surface area contributed by atoms with Crippen LogP contribution in [0.1, 0.15) is 16.7 Å². The zero-order chi connectivity index (χ0) is 21.9. The molecule has 0 bridgehead atoms. The molecule has 0 saturated carbocycles. The third-order valence-electron chi connectivity index (χ3n) is 3.44. The van der Waals surface area contributed by atoms with E-state index in [4.69, 9.17) is 0 Å². The first-order valence-corrected chi connectivity index (χ1v) is 6.38. The van der Waals surface area contributed by atoms with Gasteiger partial charge < -0.3 is 0 Å². The summed E-state index contributed by atoms with van der Waals surface area (Å²) in [5, 5.41) is 0. The monoisotopic (exact) mass is 428 g/mol. The number of hydrogen-bond donors (Lipinski definition) is 0. The highest BCUT2D eigenvalue weighted by Crippen LogP contribution is 2.57. The lowest BCUT2D eigenvalue weighted by molar-refractivity contribution is -0.350. The van der Waals surface area contributed by atoms with Gasteiger partial charge in [0.1, 0.15) is 0 Å². The van der Waals surface area contributed by atoms with Crippen LogP contribution in [0.5, 0.6) is 0 Å². The first kappa shape index (κ1) is 23.3. The summed E-state index contributed by atoms with van der Waals surface area (Å²) in [5.41, 5.74) is -19.1. The van der Waals surface area contributed by atoms with Crippen molar-refractivity contribution in [1.82, 2.24) is 0 Å². The van der Waals surface area contributed by atoms with E-state index in [-0.39, 0.29) is 12.1 Å². The average Bonchev–Trinajstić information content (AvgIpc) is 2.39. The number of rotatable bonds is 2. The zero-order valence-corrected chi connectivity index (χ0v) is 12.5. The summed E-state index contributed by atoms with van der Waals surface area (Å²) in [7, 11) is 0. The molecule has 0 N–H and O–H groups in total. The maximum Gasteiger partial charge on any atom is 0.435 e. The van der Waals surface area contributed by atoms with E-state index in [2.05, 4.69) is 0 Å². The largest absolute Gasteiger partial charge is 0.435 e. The Hall–Kier alpha value is -1.76. The van der Waals surface area contributed by atoms with Crippen LogP contribution in [0.25, 0.3) is 0 Å². The molecule has 156 valence electrons. The quantitative estimate of drug-likeness (QED) is 0.468. The molecule has 14 heteroatoms. The van der Waals surface area contributed by atoms with Gasteiger partial charge in [-0.05, 0) is 13.0 Å². The van der Waals surface area contributed by atoms with Crippen LogP contribution in [0.2, 0.25) is 0 Å². The third kappa shape index (κ3) is 3.53. The van der Waals surface area contributed by atoms with E-state index in [1.807, 2.05) is 0 Å². The van der Waals surface area contributed by atoms with Gasteiger partial charge >= 0.3 is 36.0 Å². The Morgan fingerprint density at radius 2 is 0.667 bits per heavy atom. The van der Waals surface area contributed by atoms with E-state index in [9.17, 15) is 61.5 Å². The molecule has 0 heterocycles. The van der Waals surface area contributed by atoms with Crippen molar-refractivity contribution in [3.8, 4) is 0 Å². The Kier molecular flexibility index (Phi) is 5.28. The van der Waals surface area contributed by atoms with Crippen molar-refractivity contribution in [2.45, 2.75) is 43.0 Å². The second-order valence-electron chi connectivity index (χ2n) is 5.40. The van der Waals surface area contributed by atoms with Crippen LogP contribution in [-0.4, -0.2) is 24.7 Å². The molecular formula is C13H6F14. The van der Waals surface area contributed by atoms with Gasteiger partial charge in [0.25, 0.3) is 0 Å². The van der Waals surface area contributed by atoms with Crippen molar-refractivity contribution in [3.05, 3.63) is 34.9 Å². The second kappa shape index (κ2) is 6.12. The molecule has 0 nitrogen and oxygen atoms in total. The van der Waals surface area contributed by atoms with Crippen molar-refractivity contribution < 1.29 is 61.5 Å². The summed E-state index contributed by atoms with van der Waals surface area (Å²) in [5.74, 6) is 0. The van der Waals surface area contributed by atoms with Gasteiger partial charge in [0.15, 0.2) is 0 Å².